The lowest BCUT2D eigenvalue weighted by atomic mass is 9.36. The minimum Gasteiger partial charge on any atom is -0.311 e. The predicted molar refractivity (Wildman–Crippen MR) is 175 cm³/mol. The molecular formula is C36H29BN2S. The molecule has 2 aliphatic heterocycles. The maximum atomic E-state index is 2.52. The summed E-state index contributed by atoms with van der Waals surface area (Å²) in [5.41, 5.74) is 15.4. The first kappa shape index (κ1) is 23.6. The van der Waals surface area contributed by atoms with Gasteiger partial charge >= 0.3 is 0 Å². The van der Waals surface area contributed by atoms with Crippen LogP contribution in [0.1, 0.15) is 22.3 Å². The van der Waals surface area contributed by atoms with E-state index in [9.17, 15) is 0 Å². The molecule has 0 amide bonds. The number of fused-ring (bicyclic) bond motifs is 6. The van der Waals surface area contributed by atoms with Crippen LogP contribution in [0.15, 0.2) is 103 Å². The van der Waals surface area contributed by atoms with E-state index in [0.29, 0.717) is 0 Å². The van der Waals surface area contributed by atoms with E-state index in [1.807, 2.05) is 11.3 Å². The molecule has 4 heteroatoms. The lowest BCUT2D eigenvalue weighted by molar-refractivity contribution is 1.25. The highest BCUT2D eigenvalue weighted by atomic mass is 32.1. The van der Waals surface area contributed by atoms with Gasteiger partial charge in [0.15, 0.2) is 0 Å². The predicted octanol–water partition coefficient (Wildman–Crippen LogP) is 8.22. The van der Waals surface area contributed by atoms with E-state index in [1.54, 1.807) is 0 Å². The third-order valence-electron chi connectivity index (χ3n) is 8.48. The van der Waals surface area contributed by atoms with Gasteiger partial charge in [-0.1, -0.05) is 70.8 Å². The standard InChI is InChI=1S/C36H29BN2S/c1-22-8-14-26(15-9-22)38-30-18-12-25(4)21-29(30)37-34-31(38)6-5-7-32(34)39(27-16-10-23(2)11-17-27)35-28-20-24(3)13-19-33(28)40-36(35)37/h5-21H,1-4H3. The summed E-state index contributed by atoms with van der Waals surface area (Å²) >= 11 is 1.96. The van der Waals surface area contributed by atoms with Crippen molar-refractivity contribution in [3.8, 4) is 0 Å². The van der Waals surface area contributed by atoms with Gasteiger partial charge in [-0.05, 0) is 93.2 Å². The highest BCUT2D eigenvalue weighted by Gasteiger charge is 2.44. The van der Waals surface area contributed by atoms with E-state index in [-0.39, 0.29) is 6.71 Å². The second-order valence-corrected chi connectivity index (χ2v) is 12.4. The van der Waals surface area contributed by atoms with Gasteiger partial charge in [-0.2, -0.15) is 0 Å². The molecular weight excluding hydrogens is 503 g/mol. The number of rotatable bonds is 2. The van der Waals surface area contributed by atoms with Crippen LogP contribution < -0.4 is 25.5 Å². The van der Waals surface area contributed by atoms with Crippen molar-refractivity contribution in [2.75, 3.05) is 9.80 Å². The van der Waals surface area contributed by atoms with Gasteiger partial charge in [-0.25, -0.2) is 0 Å². The first-order valence-electron chi connectivity index (χ1n) is 14.0. The molecule has 1 aromatic heterocycles. The van der Waals surface area contributed by atoms with E-state index < -0.39 is 0 Å². The zero-order chi connectivity index (χ0) is 27.1. The maximum absolute atomic E-state index is 2.52. The SMILES string of the molecule is Cc1ccc(N2c3ccc(C)cc3B3c4sc5ccc(C)cc5c4N(c4ccc(C)cc4)c4cccc2c43)cc1. The van der Waals surface area contributed by atoms with Crippen LogP contribution >= 0.6 is 11.3 Å². The molecule has 0 fully saturated rings. The average molecular weight is 533 g/mol. The highest BCUT2D eigenvalue weighted by molar-refractivity contribution is 7.33. The van der Waals surface area contributed by atoms with Crippen molar-refractivity contribution in [3.05, 3.63) is 125 Å². The Morgan fingerprint density at radius 2 is 1.12 bits per heavy atom. The van der Waals surface area contributed by atoms with Crippen molar-refractivity contribution in [2.45, 2.75) is 27.7 Å². The van der Waals surface area contributed by atoms with Crippen molar-refractivity contribution < 1.29 is 0 Å². The molecule has 0 saturated carbocycles. The Labute approximate surface area is 240 Å². The monoisotopic (exact) mass is 532 g/mol. The molecule has 0 unspecified atom stereocenters. The zero-order valence-electron chi connectivity index (χ0n) is 23.2. The van der Waals surface area contributed by atoms with Gasteiger partial charge < -0.3 is 9.80 Å². The summed E-state index contributed by atoms with van der Waals surface area (Å²) in [5.74, 6) is 0. The van der Waals surface area contributed by atoms with Crippen molar-refractivity contribution in [2.24, 2.45) is 0 Å². The van der Waals surface area contributed by atoms with Crippen molar-refractivity contribution in [1.29, 1.82) is 0 Å². The molecule has 3 heterocycles. The zero-order valence-corrected chi connectivity index (χ0v) is 24.0. The summed E-state index contributed by atoms with van der Waals surface area (Å²) in [6, 6.07) is 38.8. The summed E-state index contributed by atoms with van der Waals surface area (Å²) in [6.45, 7) is 8.91. The van der Waals surface area contributed by atoms with Crippen LogP contribution in [-0.2, 0) is 0 Å². The Balaban J connectivity index is 1.50. The quantitative estimate of drug-likeness (QED) is 0.207. The van der Waals surface area contributed by atoms with Gasteiger partial charge in [0.05, 0.1) is 5.69 Å². The Bertz CT molecular complexity index is 1950. The number of aryl methyl sites for hydroxylation is 4. The molecule has 0 N–H and O–H groups in total. The first-order valence-corrected chi connectivity index (χ1v) is 14.8. The molecule has 192 valence electrons. The van der Waals surface area contributed by atoms with E-state index in [2.05, 4.69) is 141 Å². The lowest BCUT2D eigenvalue weighted by Gasteiger charge is -2.43. The van der Waals surface area contributed by atoms with Gasteiger partial charge in [0.1, 0.15) is 0 Å². The molecule has 6 aromatic rings. The molecule has 0 radical (unpaired) electrons. The van der Waals surface area contributed by atoms with Crippen LogP contribution in [0.3, 0.4) is 0 Å². The molecule has 40 heavy (non-hydrogen) atoms. The number of anilines is 6. The molecule has 2 aliphatic rings. The topological polar surface area (TPSA) is 6.48 Å². The second-order valence-electron chi connectivity index (χ2n) is 11.4. The normalized spacial score (nSPS) is 13.3. The molecule has 5 aromatic carbocycles. The third-order valence-corrected chi connectivity index (χ3v) is 9.70. The Kier molecular flexibility index (Phi) is 5.08. The number of hydrogen-bond donors (Lipinski definition) is 0. The number of benzene rings is 5. The smallest absolute Gasteiger partial charge is 0.264 e. The van der Waals surface area contributed by atoms with E-state index >= 15 is 0 Å². The Morgan fingerprint density at radius 1 is 0.550 bits per heavy atom. The van der Waals surface area contributed by atoms with Gasteiger partial charge in [-0.3, -0.25) is 0 Å². The van der Waals surface area contributed by atoms with Gasteiger partial charge in [0.25, 0.3) is 6.71 Å². The van der Waals surface area contributed by atoms with E-state index in [1.165, 1.54) is 82.2 Å². The van der Waals surface area contributed by atoms with Crippen LogP contribution in [-0.4, -0.2) is 6.71 Å². The summed E-state index contributed by atoms with van der Waals surface area (Å²) in [6.07, 6.45) is 0. The highest BCUT2D eigenvalue weighted by Crippen LogP contribution is 2.47. The fourth-order valence-electron chi connectivity index (χ4n) is 6.59. The van der Waals surface area contributed by atoms with Crippen molar-refractivity contribution >= 4 is 78.0 Å². The second kappa shape index (κ2) is 8.61. The molecule has 0 saturated heterocycles. The summed E-state index contributed by atoms with van der Waals surface area (Å²) in [5, 5.41) is 1.34. The molecule has 0 atom stereocenters. The molecule has 8 rings (SSSR count). The van der Waals surface area contributed by atoms with Crippen LogP contribution in [0.25, 0.3) is 10.1 Å². The van der Waals surface area contributed by atoms with Gasteiger partial charge in [0.2, 0.25) is 0 Å². The number of thiophene rings is 1. The summed E-state index contributed by atoms with van der Waals surface area (Å²) < 4.78 is 2.77. The largest absolute Gasteiger partial charge is 0.311 e. The number of hydrogen-bond acceptors (Lipinski definition) is 3. The summed E-state index contributed by atoms with van der Waals surface area (Å²) in [7, 11) is 0. The van der Waals surface area contributed by atoms with E-state index in [0.717, 1.165) is 0 Å². The lowest BCUT2D eigenvalue weighted by Crippen LogP contribution is -2.60. The Hall–Kier alpha value is -4.28. The molecule has 2 nitrogen and oxygen atoms in total. The fourth-order valence-corrected chi connectivity index (χ4v) is 7.89. The first-order chi connectivity index (χ1) is 19.5. The van der Waals surface area contributed by atoms with Crippen LogP contribution in [0.5, 0.6) is 0 Å². The fraction of sp³-hybridized carbons (Fsp3) is 0.111. The minimum atomic E-state index is 0.178. The van der Waals surface area contributed by atoms with Crippen molar-refractivity contribution in [3.63, 3.8) is 0 Å². The van der Waals surface area contributed by atoms with Crippen LogP contribution in [0.2, 0.25) is 0 Å². The minimum absolute atomic E-state index is 0.178. The van der Waals surface area contributed by atoms with Crippen molar-refractivity contribution in [1.82, 2.24) is 0 Å². The Morgan fingerprint density at radius 3 is 1.82 bits per heavy atom. The molecule has 0 aliphatic carbocycles. The maximum Gasteiger partial charge on any atom is 0.264 e. The third kappa shape index (κ3) is 3.36. The van der Waals surface area contributed by atoms with Gasteiger partial charge in [0, 0.05) is 43.3 Å². The van der Waals surface area contributed by atoms with E-state index in [4.69, 9.17) is 0 Å². The number of nitrogens with zero attached hydrogens (tertiary/aromatic N) is 2. The average Bonchev–Trinajstić information content (AvgIpc) is 3.32. The molecule has 0 bridgehead atoms. The van der Waals surface area contributed by atoms with Gasteiger partial charge in [-0.15, -0.1) is 11.3 Å². The summed E-state index contributed by atoms with van der Waals surface area (Å²) in [4.78, 5) is 5.00. The van der Waals surface area contributed by atoms with Crippen LogP contribution in [0, 0.1) is 27.7 Å². The van der Waals surface area contributed by atoms with Crippen LogP contribution in [0.4, 0.5) is 34.1 Å². The molecule has 0 spiro atoms.